The first-order chi connectivity index (χ1) is 11.4. The van der Waals surface area contributed by atoms with Crippen LogP contribution in [0.15, 0.2) is 41.2 Å². The summed E-state index contributed by atoms with van der Waals surface area (Å²) >= 11 is 0. The Bertz CT molecular complexity index is 1030. The maximum atomic E-state index is 13.8. The maximum absolute atomic E-state index is 13.8. The number of carbonyl (C=O) groups excluding carboxylic acids is 2. The van der Waals surface area contributed by atoms with Crippen LogP contribution >= 0.6 is 0 Å². The molecule has 0 unspecified atom stereocenters. The lowest BCUT2D eigenvalue weighted by Gasteiger charge is -2.06. The molecule has 0 saturated carbocycles. The van der Waals surface area contributed by atoms with Crippen molar-refractivity contribution in [2.75, 3.05) is 0 Å². The van der Waals surface area contributed by atoms with Gasteiger partial charge in [-0.05, 0) is 37.3 Å². The van der Waals surface area contributed by atoms with Gasteiger partial charge in [0.05, 0.1) is 22.2 Å². The Morgan fingerprint density at radius 3 is 2.58 bits per heavy atom. The van der Waals surface area contributed by atoms with Crippen molar-refractivity contribution < 1.29 is 18.7 Å². The fourth-order valence-electron chi connectivity index (χ4n) is 2.37. The second-order valence-corrected chi connectivity index (χ2v) is 5.31. The van der Waals surface area contributed by atoms with Gasteiger partial charge in [0.15, 0.2) is 5.78 Å². The molecule has 0 saturated heterocycles. The van der Waals surface area contributed by atoms with Crippen molar-refractivity contribution >= 4 is 22.8 Å². The van der Waals surface area contributed by atoms with E-state index in [9.17, 15) is 18.8 Å². The summed E-state index contributed by atoms with van der Waals surface area (Å²) in [6.45, 7) is 1.25. The molecule has 0 aliphatic heterocycles. The highest BCUT2D eigenvalue weighted by Gasteiger charge is 2.14. The number of aryl methyl sites for hydroxylation is 1. The minimum atomic E-state index is -0.754. The summed E-state index contributed by atoms with van der Waals surface area (Å²) in [6, 6.07) is 8.21. The molecule has 0 spiro atoms. The number of carbonyl (C=O) groups is 2. The minimum absolute atomic E-state index is 0.0100. The van der Waals surface area contributed by atoms with E-state index in [2.05, 4.69) is 4.98 Å². The molecule has 0 aliphatic rings. The topological polar surface area (TPSA) is 81.2 Å². The number of hydrogen-bond acceptors (Lipinski definition) is 4. The van der Waals surface area contributed by atoms with E-state index < -0.39 is 17.6 Å². The van der Waals surface area contributed by atoms with Gasteiger partial charge in [0, 0.05) is 13.1 Å². The standard InChI is InChI=1S/C17H13FN2O4/c1-9(21)12-5-4-11(8-13(12)18)24-16(22)10-3-6-15-14(7-10)19-17(23)20(15)2/h3-8H,1-2H3,(H,19,23). The van der Waals surface area contributed by atoms with Gasteiger partial charge in [-0.25, -0.2) is 14.0 Å². The third kappa shape index (κ3) is 2.71. The Labute approximate surface area is 135 Å². The number of nitrogens with zero attached hydrogens (tertiary/aromatic N) is 1. The number of esters is 1. The molecule has 3 rings (SSSR count). The average Bonchev–Trinajstić information content (AvgIpc) is 2.81. The van der Waals surface area contributed by atoms with E-state index in [1.54, 1.807) is 13.1 Å². The van der Waals surface area contributed by atoms with Gasteiger partial charge >= 0.3 is 11.7 Å². The Hall–Kier alpha value is -3.22. The quantitative estimate of drug-likeness (QED) is 0.455. The van der Waals surface area contributed by atoms with Crippen molar-refractivity contribution in [2.45, 2.75) is 6.92 Å². The molecule has 0 aliphatic carbocycles. The first kappa shape index (κ1) is 15.7. The van der Waals surface area contributed by atoms with Crippen molar-refractivity contribution in [3.8, 4) is 5.75 Å². The van der Waals surface area contributed by atoms with Crippen LogP contribution in [0.1, 0.15) is 27.6 Å². The zero-order valence-corrected chi connectivity index (χ0v) is 12.9. The number of ether oxygens (including phenoxy) is 1. The Morgan fingerprint density at radius 2 is 1.92 bits per heavy atom. The fourth-order valence-corrected chi connectivity index (χ4v) is 2.37. The van der Waals surface area contributed by atoms with Gasteiger partial charge in [-0.2, -0.15) is 0 Å². The van der Waals surface area contributed by atoms with Gasteiger partial charge < -0.3 is 9.72 Å². The molecule has 0 atom stereocenters. The van der Waals surface area contributed by atoms with Crippen molar-refractivity contribution in [3.05, 3.63) is 63.8 Å². The van der Waals surface area contributed by atoms with Gasteiger partial charge in [-0.3, -0.25) is 9.36 Å². The molecule has 122 valence electrons. The van der Waals surface area contributed by atoms with E-state index in [1.165, 1.54) is 35.8 Å². The molecule has 1 aromatic heterocycles. The molecule has 0 fully saturated rings. The van der Waals surface area contributed by atoms with Crippen molar-refractivity contribution in [3.63, 3.8) is 0 Å². The van der Waals surface area contributed by atoms with Crippen LogP contribution in [0.25, 0.3) is 11.0 Å². The van der Waals surface area contributed by atoms with Crippen molar-refractivity contribution in [1.29, 1.82) is 0 Å². The van der Waals surface area contributed by atoms with Gasteiger partial charge in [-0.1, -0.05) is 0 Å². The van der Waals surface area contributed by atoms with E-state index in [4.69, 9.17) is 4.74 Å². The number of aromatic amines is 1. The Morgan fingerprint density at radius 1 is 1.17 bits per heavy atom. The van der Waals surface area contributed by atoms with E-state index >= 15 is 0 Å². The number of benzene rings is 2. The average molecular weight is 328 g/mol. The van der Waals surface area contributed by atoms with E-state index in [0.717, 1.165) is 6.07 Å². The molecule has 1 N–H and O–H groups in total. The number of aromatic nitrogens is 2. The number of rotatable bonds is 3. The number of Topliss-reactive ketones (excluding diaryl/α,β-unsaturated/α-hetero) is 1. The van der Waals surface area contributed by atoms with Crippen LogP contribution in [0, 0.1) is 5.82 Å². The molecule has 2 aromatic carbocycles. The van der Waals surface area contributed by atoms with Gasteiger partial charge in [0.1, 0.15) is 11.6 Å². The summed E-state index contributed by atoms with van der Waals surface area (Å²) in [5.74, 6) is -1.87. The zero-order valence-electron chi connectivity index (χ0n) is 12.9. The summed E-state index contributed by atoms with van der Waals surface area (Å²) in [6.07, 6.45) is 0. The Kier molecular flexibility index (Phi) is 3.76. The molecule has 3 aromatic rings. The lowest BCUT2D eigenvalue weighted by atomic mass is 10.1. The third-order valence-corrected chi connectivity index (χ3v) is 3.67. The monoisotopic (exact) mass is 328 g/mol. The smallest absolute Gasteiger partial charge is 0.343 e. The predicted octanol–water partition coefficient (Wildman–Crippen LogP) is 2.43. The number of H-pyrrole nitrogens is 1. The lowest BCUT2D eigenvalue weighted by molar-refractivity contribution is 0.0734. The van der Waals surface area contributed by atoms with E-state index in [1.807, 2.05) is 0 Å². The Balaban J connectivity index is 1.88. The van der Waals surface area contributed by atoms with Gasteiger partial charge in [-0.15, -0.1) is 0 Å². The zero-order chi connectivity index (χ0) is 17.4. The molecule has 0 amide bonds. The highest BCUT2D eigenvalue weighted by Crippen LogP contribution is 2.19. The first-order valence-corrected chi connectivity index (χ1v) is 7.08. The maximum Gasteiger partial charge on any atom is 0.343 e. The van der Waals surface area contributed by atoms with Crippen LogP contribution in [0.5, 0.6) is 5.75 Å². The van der Waals surface area contributed by atoms with Crippen LogP contribution in [0.2, 0.25) is 0 Å². The summed E-state index contributed by atoms with van der Waals surface area (Å²) in [5, 5.41) is 0. The highest BCUT2D eigenvalue weighted by molar-refractivity contribution is 5.96. The molecule has 6 nitrogen and oxygen atoms in total. The summed E-state index contributed by atoms with van der Waals surface area (Å²) in [7, 11) is 1.61. The van der Waals surface area contributed by atoms with Crippen molar-refractivity contribution in [2.24, 2.45) is 7.05 Å². The van der Waals surface area contributed by atoms with Crippen LogP contribution in [-0.2, 0) is 7.05 Å². The second-order valence-electron chi connectivity index (χ2n) is 5.31. The van der Waals surface area contributed by atoms with E-state index in [0.29, 0.717) is 11.0 Å². The summed E-state index contributed by atoms with van der Waals surface area (Å²) in [5.41, 5.74) is 0.986. The second kappa shape index (κ2) is 5.77. The van der Waals surface area contributed by atoms with E-state index in [-0.39, 0.29) is 22.6 Å². The van der Waals surface area contributed by atoms with Crippen LogP contribution in [0.4, 0.5) is 4.39 Å². The van der Waals surface area contributed by atoms with Crippen LogP contribution < -0.4 is 10.4 Å². The number of ketones is 1. The predicted molar refractivity (Wildman–Crippen MR) is 84.9 cm³/mol. The third-order valence-electron chi connectivity index (χ3n) is 3.67. The number of hydrogen-bond donors (Lipinski definition) is 1. The first-order valence-electron chi connectivity index (χ1n) is 7.08. The molecule has 24 heavy (non-hydrogen) atoms. The lowest BCUT2D eigenvalue weighted by Crippen LogP contribution is -2.11. The SMILES string of the molecule is CC(=O)c1ccc(OC(=O)c2ccc3c(c2)[nH]c(=O)n3C)cc1F. The normalized spacial score (nSPS) is 10.8. The molecule has 0 radical (unpaired) electrons. The van der Waals surface area contributed by atoms with Gasteiger partial charge in [0.25, 0.3) is 0 Å². The number of halogens is 1. The largest absolute Gasteiger partial charge is 0.423 e. The molecule has 0 bridgehead atoms. The van der Waals surface area contributed by atoms with Crippen molar-refractivity contribution in [1.82, 2.24) is 9.55 Å². The van der Waals surface area contributed by atoms with Gasteiger partial charge in [0.2, 0.25) is 0 Å². The number of nitrogens with one attached hydrogen (secondary N) is 1. The molecule has 7 heteroatoms. The number of imidazole rings is 1. The van der Waals surface area contributed by atoms with Crippen LogP contribution in [0.3, 0.4) is 0 Å². The molecule has 1 heterocycles. The van der Waals surface area contributed by atoms with Crippen LogP contribution in [-0.4, -0.2) is 21.3 Å². The molecular weight excluding hydrogens is 315 g/mol. The highest BCUT2D eigenvalue weighted by atomic mass is 19.1. The summed E-state index contributed by atoms with van der Waals surface area (Å²) in [4.78, 5) is 37.5. The fraction of sp³-hybridized carbons (Fsp3) is 0.118. The minimum Gasteiger partial charge on any atom is -0.423 e. The number of fused-ring (bicyclic) bond motifs is 1. The molecular formula is C17H13FN2O4. The summed E-state index contributed by atoms with van der Waals surface area (Å²) < 4.78 is 20.3.